The third kappa shape index (κ3) is 0.628. The van der Waals surface area contributed by atoms with E-state index in [2.05, 4.69) is 12.2 Å². The van der Waals surface area contributed by atoms with Crippen molar-refractivity contribution in [2.75, 3.05) is 7.05 Å². The number of rotatable bonds is 0. The Labute approximate surface area is 87.4 Å². The van der Waals surface area contributed by atoms with Gasteiger partial charge in [-0.3, -0.25) is 14.5 Å². The van der Waals surface area contributed by atoms with Crippen LogP contribution in [-0.2, 0) is 9.59 Å². The van der Waals surface area contributed by atoms with Gasteiger partial charge < -0.3 is 0 Å². The molecule has 4 rings (SSSR count). The summed E-state index contributed by atoms with van der Waals surface area (Å²) in [7, 11) is 1.59. The van der Waals surface area contributed by atoms with Gasteiger partial charge in [0.15, 0.2) is 0 Å². The van der Waals surface area contributed by atoms with Crippen LogP contribution < -0.4 is 0 Å². The van der Waals surface area contributed by atoms with Gasteiger partial charge in [0.05, 0.1) is 0 Å². The highest BCUT2D eigenvalue weighted by Crippen LogP contribution is 2.62. The number of carbonyl (C=O) groups is 2. The first-order chi connectivity index (χ1) is 7.20. The minimum Gasteiger partial charge on any atom is -0.278 e. The molecule has 4 aliphatic rings. The molecule has 76 valence electrons. The zero-order valence-electron chi connectivity index (χ0n) is 8.43. The fourth-order valence-electron chi connectivity index (χ4n) is 3.84. The molecule has 1 heterocycles. The number of carbonyl (C=O) groups excluding carboxylic acids is 2. The highest BCUT2D eigenvalue weighted by Gasteiger charge is 2.62. The normalized spacial score (nSPS) is 45.0. The summed E-state index contributed by atoms with van der Waals surface area (Å²) in [4.78, 5) is 24.9. The van der Waals surface area contributed by atoms with Crippen LogP contribution in [0.15, 0.2) is 23.3 Å². The second-order valence-corrected chi connectivity index (χ2v) is 5.00. The number of hydrogen-bond acceptors (Lipinski definition) is 2. The van der Waals surface area contributed by atoms with E-state index in [4.69, 9.17) is 0 Å². The van der Waals surface area contributed by atoms with Gasteiger partial charge in [-0.2, -0.15) is 0 Å². The SMILES string of the molecule is CN1C(=O)C2=C(C1=O)[C@H]1[C@@H]2[C@@H]2C=C[C@H]1C2. The van der Waals surface area contributed by atoms with Crippen LogP contribution >= 0.6 is 0 Å². The minimum atomic E-state index is -0.0443. The highest BCUT2D eigenvalue weighted by molar-refractivity contribution is 6.22. The van der Waals surface area contributed by atoms with Crippen molar-refractivity contribution < 1.29 is 9.59 Å². The van der Waals surface area contributed by atoms with Crippen molar-refractivity contribution in [2.45, 2.75) is 6.42 Å². The molecular weight excluding hydrogens is 190 g/mol. The second-order valence-electron chi connectivity index (χ2n) is 5.00. The molecule has 2 bridgehead atoms. The van der Waals surface area contributed by atoms with Crippen molar-refractivity contribution in [1.29, 1.82) is 0 Å². The quantitative estimate of drug-likeness (QED) is 0.428. The largest absolute Gasteiger partial charge is 0.278 e. The van der Waals surface area contributed by atoms with E-state index < -0.39 is 0 Å². The molecule has 1 fully saturated rings. The first kappa shape index (κ1) is 7.85. The first-order valence-electron chi connectivity index (χ1n) is 5.45. The maximum atomic E-state index is 11.8. The van der Waals surface area contributed by atoms with Crippen LogP contribution in [0.2, 0.25) is 0 Å². The maximum Gasteiger partial charge on any atom is 0.257 e. The van der Waals surface area contributed by atoms with Crippen LogP contribution in [0.3, 0.4) is 0 Å². The molecule has 3 heteroatoms. The number of imide groups is 1. The zero-order valence-corrected chi connectivity index (χ0v) is 8.43. The van der Waals surface area contributed by atoms with E-state index in [0.717, 1.165) is 17.6 Å². The van der Waals surface area contributed by atoms with Gasteiger partial charge in [0.2, 0.25) is 0 Å². The average Bonchev–Trinajstić information content (AvgIpc) is 2.76. The number of hydrogen-bond donors (Lipinski definition) is 0. The van der Waals surface area contributed by atoms with E-state index in [-0.39, 0.29) is 11.8 Å². The molecular formula is C12H11NO2. The second kappa shape index (κ2) is 2.08. The molecule has 4 atom stereocenters. The van der Waals surface area contributed by atoms with Gasteiger partial charge in [-0.05, 0) is 18.3 Å². The van der Waals surface area contributed by atoms with Gasteiger partial charge in [0.25, 0.3) is 11.8 Å². The Kier molecular flexibility index (Phi) is 1.09. The van der Waals surface area contributed by atoms with E-state index in [0.29, 0.717) is 23.7 Å². The molecule has 0 aromatic rings. The molecule has 0 N–H and O–H groups in total. The fraction of sp³-hybridized carbons (Fsp3) is 0.500. The predicted octanol–water partition coefficient (Wildman–Crippen LogP) is 0.733. The Hall–Kier alpha value is -1.38. The number of likely N-dealkylation sites (N-methyl/N-ethyl adjacent to an activating group) is 1. The lowest BCUT2D eigenvalue weighted by molar-refractivity contribution is -0.135. The van der Waals surface area contributed by atoms with Crippen molar-refractivity contribution in [2.24, 2.45) is 23.7 Å². The lowest BCUT2D eigenvalue weighted by Gasteiger charge is -2.36. The van der Waals surface area contributed by atoms with Crippen LogP contribution in [0.1, 0.15) is 6.42 Å². The summed E-state index contributed by atoms with van der Waals surface area (Å²) < 4.78 is 0. The number of nitrogens with zero attached hydrogens (tertiary/aromatic N) is 1. The maximum absolute atomic E-state index is 11.8. The van der Waals surface area contributed by atoms with E-state index in [9.17, 15) is 9.59 Å². The van der Waals surface area contributed by atoms with E-state index in [1.54, 1.807) is 7.05 Å². The zero-order chi connectivity index (χ0) is 10.3. The van der Waals surface area contributed by atoms with E-state index >= 15 is 0 Å². The number of fused-ring (bicyclic) bond motifs is 7. The van der Waals surface area contributed by atoms with Crippen LogP contribution in [0.25, 0.3) is 0 Å². The predicted molar refractivity (Wildman–Crippen MR) is 52.5 cm³/mol. The monoisotopic (exact) mass is 201 g/mol. The Morgan fingerprint density at radius 3 is 2.00 bits per heavy atom. The molecule has 0 spiro atoms. The van der Waals surface area contributed by atoms with Gasteiger partial charge >= 0.3 is 0 Å². The summed E-state index contributed by atoms with van der Waals surface area (Å²) in [6, 6.07) is 0. The van der Waals surface area contributed by atoms with E-state index in [1.807, 2.05) is 0 Å². The van der Waals surface area contributed by atoms with Crippen LogP contribution in [-0.4, -0.2) is 23.8 Å². The smallest absolute Gasteiger partial charge is 0.257 e. The molecule has 0 aromatic carbocycles. The highest BCUT2D eigenvalue weighted by atomic mass is 16.2. The lowest BCUT2D eigenvalue weighted by atomic mass is 9.64. The van der Waals surface area contributed by atoms with Gasteiger partial charge in [-0.15, -0.1) is 0 Å². The molecule has 1 aliphatic heterocycles. The summed E-state index contributed by atoms with van der Waals surface area (Å²) in [5, 5.41) is 0. The van der Waals surface area contributed by atoms with Crippen LogP contribution in [0.4, 0.5) is 0 Å². The average molecular weight is 201 g/mol. The summed E-state index contributed by atoms with van der Waals surface area (Å²) >= 11 is 0. The summed E-state index contributed by atoms with van der Waals surface area (Å²) in [5.41, 5.74) is 1.67. The molecule has 1 saturated carbocycles. The Morgan fingerprint density at radius 2 is 1.53 bits per heavy atom. The van der Waals surface area contributed by atoms with Gasteiger partial charge in [-0.25, -0.2) is 0 Å². The summed E-state index contributed by atoms with van der Waals surface area (Å²) in [6.07, 6.45) is 5.60. The van der Waals surface area contributed by atoms with Gasteiger partial charge in [-0.1, -0.05) is 12.2 Å². The topological polar surface area (TPSA) is 37.4 Å². The lowest BCUT2D eigenvalue weighted by Crippen LogP contribution is -2.35. The number of allylic oxidation sites excluding steroid dienone is 2. The third-order valence-corrected chi connectivity index (χ3v) is 4.49. The minimum absolute atomic E-state index is 0.0443. The van der Waals surface area contributed by atoms with Gasteiger partial charge in [0, 0.05) is 30.0 Å². The Morgan fingerprint density at radius 1 is 1.07 bits per heavy atom. The standard InChI is InChI=1S/C12H11NO2/c1-13-11(14)9-7-5-2-3-6(4-5)8(7)10(9)12(13)15/h2-3,5-8H,4H2,1H3/t5-,6+,7+,8-. The number of likely N-dealkylation sites (tertiary alicyclic amines) is 1. The van der Waals surface area contributed by atoms with Crippen molar-refractivity contribution in [3.63, 3.8) is 0 Å². The molecule has 3 aliphatic carbocycles. The van der Waals surface area contributed by atoms with Gasteiger partial charge in [0.1, 0.15) is 0 Å². The van der Waals surface area contributed by atoms with Crippen molar-refractivity contribution in [3.8, 4) is 0 Å². The van der Waals surface area contributed by atoms with Crippen molar-refractivity contribution >= 4 is 11.8 Å². The Bertz CT molecular complexity index is 434. The van der Waals surface area contributed by atoms with Crippen LogP contribution in [0.5, 0.6) is 0 Å². The van der Waals surface area contributed by atoms with Crippen LogP contribution in [0, 0.1) is 23.7 Å². The molecule has 2 amide bonds. The van der Waals surface area contributed by atoms with Crippen molar-refractivity contribution in [3.05, 3.63) is 23.3 Å². The van der Waals surface area contributed by atoms with Crippen molar-refractivity contribution in [1.82, 2.24) is 4.90 Å². The first-order valence-corrected chi connectivity index (χ1v) is 5.45. The van der Waals surface area contributed by atoms with E-state index in [1.165, 1.54) is 4.90 Å². The summed E-state index contributed by atoms with van der Waals surface area (Å²) in [5.74, 6) is 1.71. The summed E-state index contributed by atoms with van der Waals surface area (Å²) in [6.45, 7) is 0. The molecule has 0 saturated heterocycles. The molecule has 0 radical (unpaired) electrons. The molecule has 3 nitrogen and oxygen atoms in total. The fourth-order valence-corrected chi connectivity index (χ4v) is 3.84. The molecule has 0 unspecified atom stereocenters. The third-order valence-electron chi connectivity index (χ3n) is 4.49. The molecule has 0 aromatic heterocycles. The molecule has 15 heavy (non-hydrogen) atoms. The number of amides is 2. The Balaban J connectivity index is 1.86.